The molecule has 0 saturated carbocycles. The predicted octanol–water partition coefficient (Wildman–Crippen LogP) is 0.0381. The molecule has 0 bridgehead atoms. The van der Waals surface area contributed by atoms with Gasteiger partial charge in [0.2, 0.25) is 0 Å². The molecule has 21 heavy (non-hydrogen) atoms. The monoisotopic (exact) mass is 306 g/mol. The van der Waals surface area contributed by atoms with Gasteiger partial charge in [-0.2, -0.15) is 0 Å². The van der Waals surface area contributed by atoms with Crippen molar-refractivity contribution in [2.75, 3.05) is 79.9 Å². The minimum Gasteiger partial charge on any atom is -0.396 e. The molecule has 0 aromatic carbocycles. The lowest BCUT2D eigenvalue weighted by Gasteiger charge is -2.23. The molecule has 0 radical (unpaired) electrons. The van der Waals surface area contributed by atoms with E-state index in [9.17, 15) is 0 Å². The smallest absolute Gasteiger partial charge is 0.0593 e. The molecule has 0 rings (SSSR count). The lowest BCUT2D eigenvalue weighted by Crippen LogP contribution is -2.33. The minimum absolute atomic E-state index is 0.186. The van der Waals surface area contributed by atoms with E-state index in [1.54, 1.807) is 0 Å². The van der Waals surface area contributed by atoms with Gasteiger partial charge >= 0.3 is 0 Å². The highest BCUT2D eigenvalue weighted by molar-refractivity contribution is 4.59. The van der Waals surface area contributed by atoms with Crippen LogP contribution in [0, 0.1) is 0 Å². The first-order chi connectivity index (χ1) is 10.2. The van der Waals surface area contributed by atoms with E-state index >= 15 is 0 Å². The summed E-state index contributed by atoms with van der Waals surface area (Å²) in [7, 11) is 4.17. The maximum absolute atomic E-state index is 8.70. The average molecular weight is 306 g/mol. The third-order valence-electron chi connectivity index (χ3n) is 3.08. The van der Waals surface area contributed by atoms with Crippen molar-refractivity contribution in [2.24, 2.45) is 0 Å². The van der Waals surface area contributed by atoms with E-state index in [0.29, 0.717) is 39.3 Å². The molecule has 0 aromatic heterocycles. The summed E-state index contributed by atoms with van der Waals surface area (Å²) in [4.78, 5) is 4.54. The average Bonchev–Trinajstić information content (AvgIpc) is 2.45. The number of hydrogen-bond donors (Lipinski definition) is 2. The quantitative estimate of drug-likeness (QED) is 0.393. The number of hydrogen-bond acceptors (Lipinski definition) is 6. The Bertz CT molecular complexity index is 192. The third-order valence-corrected chi connectivity index (χ3v) is 3.08. The summed E-state index contributed by atoms with van der Waals surface area (Å²) in [6, 6.07) is 0. The molecule has 0 heterocycles. The van der Waals surface area contributed by atoms with Crippen LogP contribution in [0.1, 0.15) is 19.3 Å². The van der Waals surface area contributed by atoms with E-state index in [1.165, 1.54) is 0 Å². The molecule has 0 aliphatic heterocycles. The van der Waals surface area contributed by atoms with E-state index in [1.807, 2.05) is 0 Å². The number of aliphatic hydroxyl groups excluding tert-OH is 2. The van der Waals surface area contributed by atoms with Crippen LogP contribution in [0.2, 0.25) is 0 Å². The molecule has 0 unspecified atom stereocenters. The molecule has 0 amide bonds. The van der Waals surface area contributed by atoms with Crippen LogP contribution in [0.5, 0.6) is 0 Å². The van der Waals surface area contributed by atoms with Crippen LogP contribution in [-0.4, -0.2) is 99.9 Å². The maximum Gasteiger partial charge on any atom is 0.0593 e. The van der Waals surface area contributed by atoms with E-state index < -0.39 is 0 Å². The number of ether oxygens (including phenoxy) is 2. The molecule has 0 aliphatic rings. The fourth-order valence-corrected chi connectivity index (χ4v) is 1.87. The SMILES string of the molecule is CN(C)CCCN(CCOCCCO)CCOCCCO. The molecule has 128 valence electrons. The van der Waals surface area contributed by atoms with Crippen molar-refractivity contribution < 1.29 is 19.7 Å². The Kier molecular flexibility index (Phi) is 16.0. The van der Waals surface area contributed by atoms with E-state index in [0.717, 1.165) is 32.6 Å². The fraction of sp³-hybridized carbons (Fsp3) is 1.00. The Morgan fingerprint density at radius 2 is 1.19 bits per heavy atom. The van der Waals surface area contributed by atoms with Crippen molar-refractivity contribution in [1.82, 2.24) is 9.80 Å². The third kappa shape index (κ3) is 16.0. The lowest BCUT2D eigenvalue weighted by atomic mass is 10.3. The second-order valence-corrected chi connectivity index (χ2v) is 5.38. The number of nitrogens with zero attached hydrogens (tertiary/aromatic N) is 2. The molecule has 0 aliphatic carbocycles. The predicted molar refractivity (Wildman–Crippen MR) is 84.7 cm³/mol. The Morgan fingerprint density at radius 3 is 1.62 bits per heavy atom. The van der Waals surface area contributed by atoms with Crippen LogP contribution < -0.4 is 0 Å². The Labute approximate surface area is 129 Å². The van der Waals surface area contributed by atoms with Gasteiger partial charge < -0.3 is 24.6 Å². The first kappa shape index (κ1) is 20.8. The zero-order valence-electron chi connectivity index (χ0n) is 13.8. The van der Waals surface area contributed by atoms with Gasteiger partial charge in [0.25, 0.3) is 0 Å². The molecule has 0 atom stereocenters. The summed E-state index contributed by atoms with van der Waals surface area (Å²) in [6.07, 6.45) is 2.52. The van der Waals surface area contributed by atoms with Gasteiger partial charge in [-0.05, 0) is 46.4 Å². The molecule has 0 spiro atoms. The van der Waals surface area contributed by atoms with Gasteiger partial charge in [-0.25, -0.2) is 0 Å². The summed E-state index contributed by atoms with van der Waals surface area (Å²) >= 11 is 0. The molecule has 0 saturated heterocycles. The molecule has 0 fully saturated rings. The van der Waals surface area contributed by atoms with Crippen molar-refractivity contribution in [2.45, 2.75) is 19.3 Å². The van der Waals surface area contributed by atoms with Crippen LogP contribution in [0.15, 0.2) is 0 Å². The summed E-state index contributed by atoms with van der Waals surface area (Å²) in [6.45, 7) is 6.89. The normalized spacial score (nSPS) is 11.7. The largest absolute Gasteiger partial charge is 0.396 e. The molecule has 6 heteroatoms. The van der Waals surface area contributed by atoms with Crippen molar-refractivity contribution in [3.63, 3.8) is 0 Å². The summed E-state index contributed by atoms with van der Waals surface area (Å²) in [5, 5.41) is 17.4. The topological polar surface area (TPSA) is 65.4 Å². The van der Waals surface area contributed by atoms with Crippen molar-refractivity contribution in [3.8, 4) is 0 Å². The molecular weight excluding hydrogens is 272 g/mol. The van der Waals surface area contributed by atoms with Crippen LogP contribution in [0.25, 0.3) is 0 Å². The summed E-state index contributed by atoms with van der Waals surface area (Å²) in [5.41, 5.74) is 0. The molecule has 0 aromatic rings. The van der Waals surface area contributed by atoms with Crippen LogP contribution in [-0.2, 0) is 9.47 Å². The van der Waals surface area contributed by atoms with Crippen molar-refractivity contribution in [3.05, 3.63) is 0 Å². The van der Waals surface area contributed by atoms with Gasteiger partial charge in [-0.1, -0.05) is 0 Å². The second-order valence-electron chi connectivity index (χ2n) is 5.38. The van der Waals surface area contributed by atoms with Crippen LogP contribution >= 0.6 is 0 Å². The highest BCUT2D eigenvalue weighted by Crippen LogP contribution is 1.95. The first-order valence-electron chi connectivity index (χ1n) is 7.95. The Morgan fingerprint density at radius 1 is 0.667 bits per heavy atom. The zero-order valence-corrected chi connectivity index (χ0v) is 13.8. The number of aliphatic hydroxyl groups is 2. The minimum atomic E-state index is 0.186. The lowest BCUT2D eigenvalue weighted by molar-refractivity contribution is 0.0646. The van der Waals surface area contributed by atoms with Crippen molar-refractivity contribution in [1.29, 1.82) is 0 Å². The van der Waals surface area contributed by atoms with Gasteiger partial charge in [-0.15, -0.1) is 0 Å². The Balaban J connectivity index is 3.74. The maximum atomic E-state index is 8.70. The van der Waals surface area contributed by atoms with Crippen LogP contribution in [0.4, 0.5) is 0 Å². The van der Waals surface area contributed by atoms with Gasteiger partial charge in [-0.3, -0.25) is 4.90 Å². The summed E-state index contributed by atoms with van der Waals surface area (Å²) in [5.74, 6) is 0. The first-order valence-corrected chi connectivity index (χ1v) is 7.95. The zero-order chi connectivity index (χ0) is 15.8. The molecule has 6 nitrogen and oxygen atoms in total. The van der Waals surface area contributed by atoms with E-state index in [-0.39, 0.29) is 13.2 Å². The van der Waals surface area contributed by atoms with Crippen molar-refractivity contribution >= 4 is 0 Å². The van der Waals surface area contributed by atoms with Gasteiger partial charge in [0.1, 0.15) is 0 Å². The van der Waals surface area contributed by atoms with E-state index in [4.69, 9.17) is 19.7 Å². The van der Waals surface area contributed by atoms with E-state index in [2.05, 4.69) is 23.9 Å². The van der Waals surface area contributed by atoms with Gasteiger partial charge in [0.05, 0.1) is 13.2 Å². The Hall–Kier alpha value is -0.240. The standard InChI is InChI=1S/C15H34N2O4/c1-16(2)6-3-7-17(8-14-20-12-4-10-18)9-15-21-13-5-11-19/h18-19H,3-15H2,1-2H3. The highest BCUT2D eigenvalue weighted by Gasteiger charge is 2.05. The van der Waals surface area contributed by atoms with Gasteiger partial charge in [0.15, 0.2) is 0 Å². The second kappa shape index (κ2) is 16.1. The van der Waals surface area contributed by atoms with Gasteiger partial charge in [0, 0.05) is 39.5 Å². The summed E-state index contributed by atoms with van der Waals surface area (Å²) < 4.78 is 11.0. The van der Waals surface area contributed by atoms with Crippen LogP contribution in [0.3, 0.4) is 0 Å². The fourth-order valence-electron chi connectivity index (χ4n) is 1.87. The number of rotatable bonds is 16. The highest BCUT2D eigenvalue weighted by atomic mass is 16.5. The molecular formula is C15H34N2O4. The molecule has 2 N–H and O–H groups in total.